The predicted molar refractivity (Wildman–Crippen MR) is 122 cm³/mol. The maximum Gasteiger partial charge on any atom is 0.530 e. The summed E-state index contributed by atoms with van der Waals surface area (Å²) in [6, 6.07) is 8.42. The lowest BCUT2D eigenvalue weighted by molar-refractivity contribution is -0.140. The van der Waals surface area contributed by atoms with E-state index in [2.05, 4.69) is 10.6 Å². The molecule has 1 aromatic rings. The fourth-order valence-corrected chi connectivity index (χ4v) is 5.00. The zero-order chi connectivity index (χ0) is 23.6. The Morgan fingerprint density at radius 1 is 1.22 bits per heavy atom. The first-order chi connectivity index (χ1) is 15.1. The molecule has 1 saturated heterocycles. The number of phosphoric acid groups is 1. The molecular weight excluding hydrogens is 455 g/mol. The lowest BCUT2D eigenvalue weighted by atomic mass is 9.87. The number of allylic oxidation sites excluding steroid dienone is 1. The summed E-state index contributed by atoms with van der Waals surface area (Å²) >= 11 is 1.11. The highest BCUT2D eigenvalue weighted by Crippen LogP contribution is 2.56. The summed E-state index contributed by atoms with van der Waals surface area (Å²) in [6.07, 6.45) is 2.10. The summed E-state index contributed by atoms with van der Waals surface area (Å²) in [5, 5.41) is 5.26. The zero-order valence-corrected chi connectivity index (χ0v) is 20.1. The topological polar surface area (TPSA) is 120 Å². The van der Waals surface area contributed by atoms with E-state index >= 15 is 0 Å². The third-order valence-corrected chi connectivity index (χ3v) is 6.54. The molecule has 2 rings (SSSR count). The number of phosphoric ester groups is 1. The van der Waals surface area contributed by atoms with Gasteiger partial charge in [0.2, 0.25) is 11.0 Å². The second-order valence-corrected chi connectivity index (χ2v) is 10.3. The van der Waals surface area contributed by atoms with E-state index in [-0.39, 0.29) is 30.6 Å². The van der Waals surface area contributed by atoms with Crippen LogP contribution in [0.15, 0.2) is 42.5 Å². The van der Waals surface area contributed by atoms with E-state index in [0.717, 1.165) is 11.8 Å². The second kappa shape index (κ2) is 12.2. The molecule has 1 unspecified atom stereocenters. The molecular formula is C21H29N2O7PS. The maximum absolute atomic E-state index is 12.9. The van der Waals surface area contributed by atoms with Gasteiger partial charge in [0.15, 0.2) is 6.10 Å². The first-order valence-electron chi connectivity index (χ1n) is 10.2. The minimum atomic E-state index is -3.98. The SMILES string of the molecule is C/C=C/C(=O)SCCNC(=O)CCNC(=O)[C@@H]1OP(=O)(Oc2ccccc2)OCC1(C)C. The van der Waals surface area contributed by atoms with Crippen LogP contribution in [0.1, 0.15) is 27.2 Å². The van der Waals surface area contributed by atoms with E-state index in [1.807, 2.05) is 0 Å². The maximum atomic E-state index is 12.9. The summed E-state index contributed by atoms with van der Waals surface area (Å²) in [5.74, 6) is 0.00397. The Kier molecular flexibility index (Phi) is 9.96. The molecule has 32 heavy (non-hydrogen) atoms. The van der Waals surface area contributed by atoms with E-state index in [4.69, 9.17) is 13.6 Å². The average molecular weight is 485 g/mol. The molecule has 2 N–H and O–H groups in total. The summed E-state index contributed by atoms with van der Waals surface area (Å²) in [5.41, 5.74) is -0.753. The number of carbonyl (C=O) groups is 3. The molecule has 0 radical (unpaired) electrons. The molecule has 11 heteroatoms. The van der Waals surface area contributed by atoms with Crippen molar-refractivity contribution in [3.8, 4) is 5.75 Å². The quantitative estimate of drug-likeness (QED) is 0.295. The lowest BCUT2D eigenvalue weighted by Crippen LogP contribution is -2.50. The number of thioether (sulfide) groups is 1. The van der Waals surface area contributed by atoms with Crippen molar-refractivity contribution in [3.05, 3.63) is 42.5 Å². The highest BCUT2D eigenvalue weighted by molar-refractivity contribution is 8.14. The molecule has 1 aromatic carbocycles. The summed E-state index contributed by atoms with van der Waals surface area (Å²) < 4.78 is 29.1. The molecule has 0 aromatic heterocycles. The third-order valence-electron chi connectivity index (χ3n) is 4.36. The van der Waals surface area contributed by atoms with Crippen molar-refractivity contribution in [2.45, 2.75) is 33.3 Å². The van der Waals surface area contributed by atoms with Gasteiger partial charge in [-0.15, -0.1) is 0 Å². The number of amides is 2. The van der Waals surface area contributed by atoms with E-state index < -0.39 is 25.2 Å². The van der Waals surface area contributed by atoms with E-state index in [9.17, 15) is 18.9 Å². The Labute approximate surface area is 192 Å². The van der Waals surface area contributed by atoms with Gasteiger partial charge in [-0.2, -0.15) is 0 Å². The number of hydrogen-bond acceptors (Lipinski definition) is 8. The van der Waals surface area contributed by atoms with Gasteiger partial charge in [0.25, 0.3) is 5.91 Å². The van der Waals surface area contributed by atoms with Crippen molar-refractivity contribution in [1.29, 1.82) is 0 Å². The molecule has 2 atom stereocenters. The molecule has 9 nitrogen and oxygen atoms in total. The number of benzene rings is 1. The van der Waals surface area contributed by atoms with Gasteiger partial charge >= 0.3 is 7.82 Å². The first-order valence-corrected chi connectivity index (χ1v) is 12.6. The monoisotopic (exact) mass is 484 g/mol. The first kappa shape index (κ1) is 26.1. The van der Waals surface area contributed by atoms with Crippen LogP contribution in [0, 0.1) is 5.41 Å². The van der Waals surface area contributed by atoms with Gasteiger partial charge in [0.05, 0.1) is 6.61 Å². The summed E-state index contributed by atoms with van der Waals surface area (Å²) in [6.45, 7) is 5.69. The summed E-state index contributed by atoms with van der Waals surface area (Å²) in [7, 11) is -3.98. The highest BCUT2D eigenvalue weighted by atomic mass is 32.2. The van der Waals surface area contributed by atoms with Crippen LogP contribution in [0.2, 0.25) is 0 Å². The lowest BCUT2D eigenvalue weighted by Gasteiger charge is -2.39. The molecule has 0 bridgehead atoms. The number of rotatable bonds is 10. The van der Waals surface area contributed by atoms with Crippen molar-refractivity contribution < 1.29 is 32.5 Å². The Hall–Kier alpha value is -2.13. The van der Waals surface area contributed by atoms with Crippen LogP contribution in [-0.2, 0) is 28.0 Å². The van der Waals surface area contributed by atoms with Gasteiger partial charge in [-0.05, 0) is 25.1 Å². The molecule has 176 valence electrons. The van der Waals surface area contributed by atoms with E-state index in [0.29, 0.717) is 18.0 Å². The Bertz CT molecular complexity index is 876. The van der Waals surface area contributed by atoms with E-state index in [1.54, 1.807) is 57.2 Å². The van der Waals surface area contributed by atoms with Gasteiger partial charge in [-0.3, -0.25) is 23.4 Å². The molecule has 1 aliphatic heterocycles. The largest absolute Gasteiger partial charge is 0.530 e. The minimum Gasteiger partial charge on any atom is -0.404 e. The highest BCUT2D eigenvalue weighted by Gasteiger charge is 2.49. The van der Waals surface area contributed by atoms with Crippen LogP contribution in [0.3, 0.4) is 0 Å². The molecule has 1 fully saturated rings. The van der Waals surface area contributed by atoms with Gasteiger partial charge in [-0.25, -0.2) is 4.57 Å². The van der Waals surface area contributed by atoms with Gasteiger partial charge in [0.1, 0.15) is 5.75 Å². The molecule has 1 heterocycles. The van der Waals surface area contributed by atoms with Crippen molar-refractivity contribution in [2.75, 3.05) is 25.4 Å². The Balaban J connectivity index is 1.79. The Morgan fingerprint density at radius 3 is 2.62 bits per heavy atom. The summed E-state index contributed by atoms with van der Waals surface area (Å²) in [4.78, 5) is 36.0. The van der Waals surface area contributed by atoms with Crippen LogP contribution in [-0.4, -0.2) is 48.5 Å². The van der Waals surface area contributed by atoms with E-state index in [1.165, 1.54) is 6.08 Å². The third kappa shape index (κ3) is 8.43. The van der Waals surface area contributed by atoms with Crippen LogP contribution in [0.5, 0.6) is 5.75 Å². The van der Waals surface area contributed by atoms with Crippen LogP contribution >= 0.6 is 19.6 Å². The minimum absolute atomic E-state index is 0.000704. The zero-order valence-electron chi connectivity index (χ0n) is 18.4. The van der Waals surface area contributed by atoms with Gasteiger partial charge in [0, 0.05) is 30.7 Å². The average Bonchev–Trinajstić information content (AvgIpc) is 2.74. The molecule has 0 spiro atoms. The Morgan fingerprint density at radius 2 is 1.94 bits per heavy atom. The van der Waals surface area contributed by atoms with Crippen LogP contribution in [0.25, 0.3) is 0 Å². The standard InChI is InChI=1S/C21H29N2O7PS/c1-4-8-18(25)32-14-13-22-17(24)11-12-23-20(26)19-21(2,3)15-28-31(27,30-19)29-16-9-6-5-7-10-16/h4-10,19H,11-15H2,1-3H3,(H,22,24)(H,23,26)/b8-4+/t19-,31?/m0/s1. The normalized spacial score (nSPS) is 22.3. The van der Waals surface area contributed by atoms with Crippen molar-refractivity contribution in [2.24, 2.45) is 5.41 Å². The fourth-order valence-electron chi connectivity index (χ4n) is 2.69. The molecule has 0 aliphatic carbocycles. The molecule has 1 aliphatic rings. The number of para-hydroxylation sites is 1. The molecule has 0 saturated carbocycles. The van der Waals surface area contributed by atoms with Gasteiger partial charge < -0.3 is 15.2 Å². The number of hydrogen-bond donors (Lipinski definition) is 2. The smallest absolute Gasteiger partial charge is 0.404 e. The predicted octanol–water partition coefficient (Wildman–Crippen LogP) is 3.07. The van der Waals surface area contributed by atoms with Crippen molar-refractivity contribution in [1.82, 2.24) is 10.6 Å². The number of carbonyl (C=O) groups excluding carboxylic acids is 3. The van der Waals surface area contributed by atoms with Crippen LogP contribution < -0.4 is 15.2 Å². The van der Waals surface area contributed by atoms with Crippen molar-refractivity contribution >= 4 is 36.5 Å². The number of nitrogens with one attached hydrogen (secondary N) is 2. The van der Waals surface area contributed by atoms with Gasteiger partial charge in [-0.1, -0.05) is 49.9 Å². The second-order valence-electron chi connectivity index (χ2n) is 7.66. The molecule has 2 amide bonds. The van der Waals surface area contributed by atoms with Crippen LogP contribution in [0.4, 0.5) is 0 Å². The fraction of sp³-hybridized carbons (Fsp3) is 0.476. The van der Waals surface area contributed by atoms with Crippen molar-refractivity contribution in [3.63, 3.8) is 0 Å².